The molecule has 0 aliphatic carbocycles. The highest BCUT2D eigenvalue weighted by Crippen LogP contribution is 2.28. The summed E-state index contributed by atoms with van der Waals surface area (Å²) < 4.78 is 0. The number of nitrogens with zero attached hydrogens (tertiary/aromatic N) is 1. The Kier molecular flexibility index (Phi) is 4.79. The van der Waals surface area contributed by atoms with Gasteiger partial charge in [-0.2, -0.15) is 0 Å². The fraction of sp³-hybridized carbons (Fsp3) is 0.214. The summed E-state index contributed by atoms with van der Waals surface area (Å²) in [7, 11) is 0. The molecule has 0 radical (unpaired) electrons. The minimum atomic E-state index is -0.0155. The molecule has 2 aromatic rings. The average molecular weight is 274 g/mol. The molecule has 0 saturated carbocycles. The van der Waals surface area contributed by atoms with Crippen molar-refractivity contribution in [3.63, 3.8) is 0 Å². The van der Waals surface area contributed by atoms with Crippen LogP contribution in [0.2, 0.25) is 0 Å². The van der Waals surface area contributed by atoms with Gasteiger partial charge in [-0.05, 0) is 24.6 Å². The third kappa shape index (κ3) is 3.47. The van der Waals surface area contributed by atoms with Gasteiger partial charge < -0.3 is 5.73 Å². The molecule has 2 rings (SSSR count). The molecule has 1 unspecified atom stereocenters. The summed E-state index contributed by atoms with van der Waals surface area (Å²) in [6.07, 6.45) is 1.68. The first-order chi connectivity index (χ1) is 9.22. The molecule has 0 saturated heterocycles. The zero-order chi connectivity index (χ0) is 13.7. The van der Waals surface area contributed by atoms with E-state index < -0.39 is 0 Å². The molecule has 0 aliphatic rings. The van der Waals surface area contributed by atoms with Gasteiger partial charge in [-0.1, -0.05) is 24.3 Å². The zero-order valence-corrected chi connectivity index (χ0v) is 11.7. The summed E-state index contributed by atoms with van der Waals surface area (Å²) in [5.74, 6) is 6.96. The summed E-state index contributed by atoms with van der Waals surface area (Å²) in [5, 5.41) is 0. The Balaban J connectivity index is 2.09. The van der Waals surface area contributed by atoms with Crippen molar-refractivity contribution >= 4 is 17.6 Å². The van der Waals surface area contributed by atoms with Gasteiger partial charge in [0, 0.05) is 22.4 Å². The van der Waals surface area contributed by atoms with Crippen LogP contribution in [0.5, 0.6) is 0 Å². The standard InChI is InChI=1S/C14H18N4S/c1-10-5-2-3-7-13(10)19-9-12(18-16)11-6-4-8-17-14(11)15/h2-8,12,18H,9,16H2,1H3,(H2,15,17). The van der Waals surface area contributed by atoms with Crippen molar-refractivity contribution in [2.24, 2.45) is 5.84 Å². The number of nitrogen functional groups attached to an aromatic ring is 1. The van der Waals surface area contributed by atoms with Crippen molar-refractivity contribution in [2.45, 2.75) is 17.9 Å². The third-order valence-corrected chi connectivity index (χ3v) is 4.22. The van der Waals surface area contributed by atoms with Crippen LogP contribution >= 0.6 is 11.8 Å². The Morgan fingerprint density at radius 2 is 2.05 bits per heavy atom. The van der Waals surface area contributed by atoms with Crippen molar-refractivity contribution < 1.29 is 0 Å². The van der Waals surface area contributed by atoms with Gasteiger partial charge in [-0.15, -0.1) is 11.8 Å². The molecular formula is C14H18N4S. The molecule has 0 bridgehead atoms. The SMILES string of the molecule is Cc1ccccc1SCC(NN)c1cccnc1N. The van der Waals surface area contributed by atoms with E-state index in [1.807, 2.05) is 24.3 Å². The van der Waals surface area contributed by atoms with Crippen LogP contribution in [0.25, 0.3) is 0 Å². The molecule has 0 aliphatic heterocycles. The number of nitrogens with one attached hydrogen (secondary N) is 1. The first kappa shape index (κ1) is 13.9. The van der Waals surface area contributed by atoms with E-state index in [0.29, 0.717) is 5.82 Å². The van der Waals surface area contributed by atoms with Crippen molar-refractivity contribution in [1.29, 1.82) is 0 Å². The van der Waals surface area contributed by atoms with Gasteiger partial charge in [0.25, 0.3) is 0 Å². The van der Waals surface area contributed by atoms with Gasteiger partial charge in [0.15, 0.2) is 0 Å². The fourth-order valence-corrected chi connectivity index (χ4v) is 2.94. The van der Waals surface area contributed by atoms with Gasteiger partial charge in [0.05, 0.1) is 6.04 Å². The maximum Gasteiger partial charge on any atom is 0.128 e. The number of nitrogens with two attached hydrogens (primary N) is 2. The Bertz CT molecular complexity index is 544. The molecule has 1 aromatic carbocycles. The number of hydrazine groups is 1. The van der Waals surface area contributed by atoms with Crippen LogP contribution in [0, 0.1) is 6.92 Å². The summed E-state index contributed by atoms with van der Waals surface area (Å²) in [4.78, 5) is 5.35. The van der Waals surface area contributed by atoms with Crippen LogP contribution in [0.1, 0.15) is 17.2 Å². The van der Waals surface area contributed by atoms with E-state index in [4.69, 9.17) is 11.6 Å². The lowest BCUT2D eigenvalue weighted by Crippen LogP contribution is -2.30. The number of anilines is 1. The van der Waals surface area contributed by atoms with E-state index in [1.54, 1.807) is 18.0 Å². The second kappa shape index (κ2) is 6.56. The first-order valence-electron chi connectivity index (χ1n) is 6.07. The summed E-state index contributed by atoms with van der Waals surface area (Å²) in [6.45, 7) is 2.10. The molecule has 1 heterocycles. The maximum absolute atomic E-state index is 5.88. The number of pyridine rings is 1. The Morgan fingerprint density at radius 3 is 2.74 bits per heavy atom. The molecule has 19 heavy (non-hydrogen) atoms. The van der Waals surface area contributed by atoms with Crippen molar-refractivity contribution in [3.8, 4) is 0 Å². The van der Waals surface area contributed by atoms with Crippen molar-refractivity contribution in [3.05, 3.63) is 53.7 Å². The molecule has 100 valence electrons. The third-order valence-electron chi connectivity index (χ3n) is 2.95. The number of aryl methyl sites for hydroxylation is 1. The Morgan fingerprint density at radius 1 is 1.26 bits per heavy atom. The van der Waals surface area contributed by atoms with Gasteiger partial charge in [-0.25, -0.2) is 4.98 Å². The molecule has 4 nitrogen and oxygen atoms in total. The zero-order valence-electron chi connectivity index (χ0n) is 10.8. The average Bonchev–Trinajstić information content (AvgIpc) is 2.43. The highest BCUT2D eigenvalue weighted by atomic mass is 32.2. The molecule has 1 atom stereocenters. The van der Waals surface area contributed by atoms with Crippen molar-refractivity contribution in [2.75, 3.05) is 11.5 Å². The summed E-state index contributed by atoms with van der Waals surface area (Å²) >= 11 is 1.76. The Hall–Kier alpha value is -1.56. The number of rotatable bonds is 5. The molecular weight excluding hydrogens is 256 g/mol. The van der Waals surface area contributed by atoms with E-state index in [9.17, 15) is 0 Å². The topological polar surface area (TPSA) is 77.0 Å². The number of benzene rings is 1. The van der Waals surface area contributed by atoms with E-state index in [2.05, 4.69) is 29.5 Å². The van der Waals surface area contributed by atoms with Crippen LogP contribution < -0.4 is 17.0 Å². The highest BCUT2D eigenvalue weighted by Gasteiger charge is 2.14. The monoisotopic (exact) mass is 274 g/mol. The molecule has 5 heteroatoms. The number of aromatic nitrogens is 1. The van der Waals surface area contributed by atoms with Gasteiger partial charge in [0.2, 0.25) is 0 Å². The van der Waals surface area contributed by atoms with E-state index >= 15 is 0 Å². The lowest BCUT2D eigenvalue weighted by atomic mass is 10.1. The second-order valence-electron chi connectivity index (χ2n) is 4.27. The van der Waals surface area contributed by atoms with Crippen LogP contribution in [-0.2, 0) is 0 Å². The van der Waals surface area contributed by atoms with E-state index in [0.717, 1.165) is 11.3 Å². The fourth-order valence-electron chi connectivity index (χ4n) is 1.84. The summed E-state index contributed by atoms with van der Waals surface area (Å²) in [5.41, 5.74) is 10.9. The van der Waals surface area contributed by atoms with Gasteiger partial charge >= 0.3 is 0 Å². The predicted octanol–water partition coefficient (Wildman–Crippen LogP) is 2.27. The molecule has 5 N–H and O–H groups in total. The maximum atomic E-state index is 5.88. The van der Waals surface area contributed by atoms with Crippen LogP contribution in [-0.4, -0.2) is 10.7 Å². The molecule has 1 aromatic heterocycles. The van der Waals surface area contributed by atoms with E-state index in [1.165, 1.54) is 10.5 Å². The largest absolute Gasteiger partial charge is 0.383 e. The summed E-state index contributed by atoms with van der Waals surface area (Å²) in [6, 6.07) is 12.1. The normalized spacial score (nSPS) is 12.3. The van der Waals surface area contributed by atoms with Gasteiger partial charge in [0.1, 0.15) is 5.82 Å². The van der Waals surface area contributed by atoms with Crippen molar-refractivity contribution in [1.82, 2.24) is 10.4 Å². The second-order valence-corrected chi connectivity index (χ2v) is 5.34. The van der Waals surface area contributed by atoms with Crippen LogP contribution in [0.3, 0.4) is 0 Å². The number of hydrogen-bond acceptors (Lipinski definition) is 5. The molecule has 0 fully saturated rings. The number of hydrogen-bond donors (Lipinski definition) is 3. The van der Waals surface area contributed by atoms with Crippen LogP contribution in [0.4, 0.5) is 5.82 Å². The molecule has 0 amide bonds. The first-order valence-corrected chi connectivity index (χ1v) is 7.06. The highest BCUT2D eigenvalue weighted by molar-refractivity contribution is 7.99. The number of thioether (sulfide) groups is 1. The van der Waals surface area contributed by atoms with Crippen LogP contribution in [0.15, 0.2) is 47.5 Å². The lowest BCUT2D eigenvalue weighted by molar-refractivity contribution is 0.610. The molecule has 0 spiro atoms. The Labute approximate surface area is 117 Å². The predicted molar refractivity (Wildman–Crippen MR) is 80.6 cm³/mol. The smallest absolute Gasteiger partial charge is 0.128 e. The lowest BCUT2D eigenvalue weighted by Gasteiger charge is -2.17. The van der Waals surface area contributed by atoms with E-state index in [-0.39, 0.29) is 6.04 Å². The van der Waals surface area contributed by atoms with Gasteiger partial charge in [-0.3, -0.25) is 11.3 Å². The minimum absolute atomic E-state index is 0.0155. The quantitative estimate of drug-likeness (QED) is 0.443. The minimum Gasteiger partial charge on any atom is -0.383 e.